The van der Waals surface area contributed by atoms with Crippen LogP contribution in [-0.2, 0) is 24.3 Å². The minimum Gasteiger partial charge on any atom is -0.497 e. The summed E-state index contributed by atoms with van der Waals surface area (Å²) in [5, 5.41) is 0. The maximum absolute atomic E-state index is 13.1. The number of hydrogen-bond donors (Lipinski definition) is 0. The molecule has 0 unspecified atom stereocenters. The van der Waals surface area contributed by atoms with Crippen molar-refractivity contribution < 1.29 is 27.4 Å². The molecular formula is C17H24N2O6S. The quantitative estimate of drug-likeness (QED) is 0.677. The molecule has 0 bridgehead atoms. The van der Waals surface area contributed by atoms with Gasteiger partial charge in [-0.1, -0.05) is 0 Å². The fraction of sp³-hybridized carbons (Fsp3) is 0.588. The Labute approximate surface area is 153 Å². The first kappa shape index (κ1) is 19.1. The van der Waals surface area contributed by atoms with E-state index >= 15 is 0 Å². The first-order valence-corrected chi connectivity index (χ1v) is 9.97. The van der Waals surface area contributed by atoms with Crippen LogP contribution in [0.5, 0.6) is 5.75 Å². The molecule has 1 aromatic rings. The number of morpholine rings is 1. The van der Waals surface area contributed by atoms with Gasteiger partial charge in [-0.3, -0.25) is 9.69 Å². The lowest BCUT2D eigenvalue weighted by molar-refractivity contribution is -0.144. The smallest absolute Gasteiger partial charge is 0.324 e. The van der Waals surface area contributed by atoms with Crippen LogP contribution in [0.15, 0.2) is 29.2 Å². The normalized spacial score (nSPS) is 25.2. The molecule has 2 saturated heterocycles. The van der Waals surface area contributed by atoms with Gasteiger partial charge in [0.25, 0.3) is 0 Å². The van der Waals surface area contributed by atoms with Gasteiger partial charge in [0.05, 0.1) is 32.3 Å². The molecule has 0 aromatic heterocycles. The van der Waals surface area contributed by atoms with E-state index in [1.54, 1.807) is 12.1 Å². The molecule has 0 spiro atoms. The molecule has 0 amide bonds. The molecule has 0 radical (unpaired) electrons. The maximum Gasteiger partial charge on any atom is 0.324 e. The second kappa shape index (κ2) is 7.91. The van der Waals surface area contributed by atoms with E-state index in [0.717, 1.165) is 13.1 Å². The topological polar surface area (TPSA) is 85.4 Å². The number of benzene rings is 1. The molecular weight excluding hydrogens is 360 g/mol. The molecule has 2 heterocycles. The summed E-state index contributed by atoms with van der Waals surface area (Å²) < 4.78 is 42.8. The van der Waals surface area contributed by atoms with Gasteiger partial charge in [-0.05, 0) is 30.7 Å². The van der Waals surface area contributed by atoms with Gasteiger partial charge in [-0.15, -0.1) is 0 Å². The lowest BCUT2D eigenvalue weighted by atomic mass is 10.1. The molecule has 1 aromatic carbocycles. The van der Waals surface area contributed by atoms with Crippen LogP contribution in [0.25, 0.3) is 0 Å². The van der Waals surface area contributed by atoms with E-state index in [4.69, 9.17) is 14.2 Å². The fourth-order valence-corrected chi connectivity index (χ4v) is 5.12. The Kier molecular flexibility index (Phi) is 5.81. The zero-order valence-electron chi connectivity index (χ0n) is 15.0. The highest BCUT2D eigenvalue weighted by Gasteiger charge is 2.46. The maximum atomic E-state index is 13.1. The minimum absolute atomic E-state index is 0.0315. The highest BCUT2D eigenvalue weighted by Crippen LogP contribution is 2.30. The third kappa shape index (κ3) is 3.71. The summed E-state index contributed by atoms with van der Waals surface area (Å²) in [6.45, 7) is 2.95. The van der Waals surface area contributed by atoms with Crippen molar-refractivity contribution in [2.45, 2.75) is 23.4 Å². The van der Waals surface area contributed by atoms with Gasteiger partial charge in [0.15, 0.2) is 0 Å². The van der Waals surface area contributed by atoms with E-state index in [9.17, 15) is 13.2 Å². The predicted octanol–water partition coefficient (Wildman–Crippen LogP) is 0.332. The third-order valence-corrected chi connectivity index (χ3v) is 6.82. The fourth-order valence-electron chi connectivity index (χ4n) is 3.49. The summed E-state index contributed by atoms with van der Waals surface area (Å²) in [6.07, 6.45) is 0.419. The Balaban J connectivity index is 1.87. The lowest BCUT2D eigenvalue weighted by Gasteiger charge is -2.31. The van der Waals surface area contributed by atoms with Crippen LogP contribution in [0.2, 0.25) is 0 Å². The largest absolute Gasteiger partial charge is 0.497 e. The van der Waals surface area contributed by atoms with Crippen LogP contribution in [0.4, 0.5) is 0 Å². The Morgan fingerprint density at radius 1 is 1.15 bits per heavy atom. The van der Waals surface area contributed by atoms with E-state index < -0.39 is 22.0 Å². The van der Waals surface area contributed by atoms with Crippen molar-refractivity contribution >= 4 is 16.0 Å². The number of carbonyl (C=O) groups excluding carboxylic acids is 1. The molecule has 8 nitrogen and oxygen atoms in total. The van der Waals surface area contributed by atoms with E-state index in [1.807, 2.05) is 0 Å². The lowest BCUT2D eigenvalue weighted by Crippen LogP contribution is -2.45. The van der Waals surface area contributed by atoms with Crippen molar-refractivity contribution in [2.75, 3.05) is 47.1 Å². The molecule has 3 rings (SSSR count). The number of sulfonamides is 1. The number of nitrogens with zero attached hydrogens (tertiary/aromatic N) is 2. The summed E-state index contributed by atoms with van der Waals surface area (Å²) in [5.74, 6) is 0.0407. The minimum atomic E-state index is -3.82. The van der Waals surface area contributed by atoms with E-state index in [1.165, 1.54) is 30.7 Å². The highest BCUT2D eigenvalue weighted by molar-refractivity contribution is 7.89. The number of esters is 1. The van der Waals surface area contributed by atoms with Crippen molar-refractivity contribution in [3.8, 4) is 5.75 Å². The highest BCUT2D eigenvalue weighted by atomic mass is 32.2. The number of hydrogen-bond acceptors (Lipinski definition) is 7. The Morgan fingerprint density at radius 2 is 1.81 bits per heavy atom. The van der Waals surface area contributed by atoms with E-state index in [-0.39, 0.29) is 17.5 Å². The van der Waals surface area contributed by atoms with Gasteiger partial charge >= 0.3 is 5.97 Å². The standard InChI is InChI=1S/C17H24N2O6S/c1-23-14-3-5-15(6-4-14)26(21,22)19-12-13(11-16(19)17(20)24-2)18-7-9-25-10-8-18/h3-6,13,16H,7-12H2,1-2H3/t13-,16+/m0/s1. The first-order chi connectivity index (χ1) is 12.5. The summed E-state index contributed by atoms with van der Waals surface area (Å²) in [5.41, 5.74) is 0. The number of ether oxygens (including phenoxy) is 3. The van der Waals surface area contributed by atoms with Crippen molar-refractivity contribution in [2.24, 2.45) is 0 Å². The Bertz CT molecular complexity index is 730. The Morgan fingerprint density at radius 3 is 2.38 bits per heavy atom. The van der Waals surface area contributed by atoms with Gasteiger partial charge in [-0.2, -0.15) is 4.31 Å². The average Bonchev–Trinajstić information content (AvgIpc) is 3.14. The van der Waals surface area contributed by atoms with Crippen LogP contribution in [0.3, 0.4) is 0 Å². The molecule has 0 aliphatic carbocycles. The number of rotatable bonds is 5. The van der Waals surface area contributed by atoms with Crippen LogP contribution < -0.4 is 4.74 Å². The van der Waals surface area contributed by atoms with Crippen molar-refractivity contribution in [3.05, 3.63) is 24.3 Å². The molecule has 9 heteroatoms. The van der Waals surface area contributed by atoms with E-state index in [0.29, 0.717) is 25.4 Å². The zero-order valence-corrected chi connectivity index (χ0v) is 15.8. The van der Waals surface area contributed by atoms with Crippen molar-refractivity contribution in [1.29, 1.82) is 0 Å². The van der Waals surface area contributed by atoms with Crippen LogP contribution in [-0.4, -0.2) is 82.7 Å². The second-order valence-corrected chi connectivity index (χ2v) is 8.22. The predicted molar refractivity (Wildman–Crippen MR) is 93.5 cm³/mol. The van der Waals surface area contributed by atoms with Gasteiger partial charge in [0, 0.05) is 25.7 Å². The summed E-state index contributed by atoms with van der Waals surface area (Å²) >= 11 is 0. The van der Waals surface area contributed by atoms with E-state index in [2.05, 4.69) is 4.90 Å². The molecule has 0 saturated carbocycles. The average molecular weight is 384 g/mol. The molecule has 2 atom stereocenters. The van der Waals surface area contributed by atoms with Crippen molar-refractivity contribution in [3.63, 3.8) is 0 Å². The molecule has 26 heavy (non-hydrogen) atoms. The SMILES string of the molecule is COC(=O)[C@H]1C[C@H](N2CCOCC2)CN1S(=O)(=O)c1ccc(OC)cc1. The third-order valence-electron chi connectivity index (χ3n) is 4.94. The molecule has 2 aliphatic rings. The molecule has 2 fully saturated rings. The molecule has 0 N–H and O–H groups in total. The van der Waals surface area contributed by atoms with Crippen LogP contribution in [0.1, 0.15) is 6.42 Å². The number of carbonyl (C=O) groups is 1. The first-order valence-electron chi connectivity index (χ1n) is 8.53. The molecule has 144 valence electrons. The summed E-state index contributed by atoms with van der Waals surface area (Å²) in [7, 11) is -1.02. The monoisotopic (exact) mass is 384 g/mol. The Hall–Kier alpha value is -1.68. The zero-order chi connectivity index (χ0) is 18.7. The van der Waals surface area contributed by atoms with Crippen LogP contribution >= 0.6 is 0 Å². The van der Waals surface area contributed by atoms with Gasteiger partial charge in [0.2, 0.25) is 10.0 Å². The summed E-state index contributed by atoms with van der Waals surface area (Å²) in [4.78, 5) is 14.6. The van der Waals surface area contributed by atoms with Crippen molar-refractivity contribution in [1.82, 2.24) is 9.21 Å². The second-order valence-electron chi connectivity index (χ2n) is 6.33. The van der Waals surface area contributed by atoms with Gasteiger partial charge in [0.1, 0.15) is 11.8 Å². The van der Waals surface area contributed by atoms with Gasteiger partial charge in [-0.25, -0.2) is 8.42 Å². The summed E-state index contributed by atoms with van der Waals surface area (Å²) in [6, 6.07) is 5.32. The van der Waals surface area contributed by atoms with Crippen LogP contribution in [0, 0.1) is 0 Å². The number of methoxy groups -OCH3 is 2. The molecule has 2 aliphatic heterocycles. The van der Waals surface area contributed by atoms with Gasteiger partial charge < -0.3 is 14.2 Å².